The van der Waals surface area contributed by atoms with E-state index in [1.165, 1.54) is 5.69 Å². The van der Waals surface area contributed by atoms with Crippen molar-refractivity contribution in [2.75, 3.05) is 44.7 Å². The molecule has 2 aromatic rings. The van der Waals surface area contributed by atoms with E-state index in [0.717, 1.165) is 55.2 Å². The van der Waals surface area contributed by atoms with Crippen LogP contribution in [-0.4, -0.2) is 44.7 Å². The van der Waals surface area contributed by atoms with Crippen LogP contribution in [-0.2, 0) is 5.88 Å². The Bertz CT molecular complexity index is 667. The lowest BCUT2D eigenvalue weighted by Gasteiger charge is -2.36. The van der Waals surface area contributed by atoms with Gasteiger partial charge >= 0.3 is 0 Å². The van der Waals surface area contributed by atoms with Crippen LogP contribution in [0.4, 0.5) is 5.69 Å². The predicted octanol–water partition coefficient (Wildman–Crippen LogP) is 4.24. The van der Waals surface area contributed by atoms with E-state index in [2.05, 4.69) is 53.1 Å². The van der Waals surface area contributed by atoms with Crippen molar-refractivity contribution in [1.82, 2.24) is 4.90 Å². The molecule has 1 saturated heterocycles. The number of ether oxygens (including phenoxy) is 1. The number of nitrogens with zero attached hydrogens (tertiary/aromatic N) is 2. The summed E-state index contributed by atoms with van der Waals surface area (Å²) in [5, 5.41) is 0. The summed E-state index contributed by atoms with van der Waals surface area (Å²) in [5.74, 6) is 1.33. The second-order valence-electron chi connectivity index (χ2n) is 6.11. The molecular weight excluding hydrogens is 320 g/mol. The van der Waals surface area contributed by atoms with Gasteiger partial charge in [-0.15, -0.1) is 11.6 Å². The third-order valence-corrected chi connectivity index (χ3v) is 5.06. The molecule has 2 aromatic carbocycles. The summed E-state index contributed by atoms with van der Waals surface area (Å²) in [6.07, 6.45) is 0. The molecule has 0 amide bonds. The van der Waals surface area contributed by atoms with Crippen molar-refractivity contribution in [3.8, 4) is 16.9 Å². The first-order chi connectivity index (χ1) is 11.8. The van der Waals surface area contributed by atoms with Gasteiger partial charge in [-0.1, -0.05) is 37.3 Å². The van der Waals surface area contributed by atoms with E-state index in [4.69, 9.17) is 16.3 Å². The van der Waals surface area contributed by atoms with Gasteiger partial charge in [0.25, 0.3) is 0 Å². The minimum absolute atomic E-state index is 0.450. The highest BCUT2D eigenvalue weighted by molar-refractivity contribution is 6.17. The van der Waals surface area contributed by atoms with Gasteiger partial charge in [-0.3, -0.25) is 0 Å². The third-order valence-electron chi connectivity index (χ3n) is 4.77. The van der Waals surface area contributed by atoms with Crippen LogP contribution in [0, 0.1) is 0 Å². The zero-order valence-corrected chi connectivity index (χ0v) is 15.2. The molecule has 3 nitrogen and oxygen atoms in total. The number of anilines is 1. The molecule has 0 saturated carbocycles. The van der Waals surface area contributed by atoms with Gasteiger partial charge in [-0.2, -0.15) is 0 Å². The van der Waals surface area contributed by atoms with Crippen molar-refractivity contribution in [2.24, 2.45) is 0 Å². The highest BCUT2D eigenvalue weighted by Gasteiger charge is 2.19. The van der Waals surface area contributed by atoms with Gasteiger partial charge in [0.1, 0.15) is 5.75 Å². The number of hydrogen-bond acceptors (Lipinski definition) is 3. The standard InChI is InChI=1S/C20H25ClN2O/c1-3-22-9-11-23(12-10-22)18-13-17(15-21)20(24-2)19(14-18)16-7-5-4-6-8-16/h4-8,13-14H,3,9-12,15H2,1-2H3. The molecule has 1 aliphatic heterocycles. The highest BCUT2D eigenvalue weighted by Crippen LogP contribution is 2.38. The van der Waals surface area contributed by atoms with Crippen molar-refractivity contribution >= 4 is 17.3 Å². The average molecular weight is 345 g/mol. The minimum atomic E-state index is 0.450. The normalized spacial score (nSPS) is 15.5. The summed E-state index contributed by atoms with van der Waals surface area (Å²) in [6, 6.07) is 14.8. The van der Waals surface area contributed by atoms with Crippen molar-refractivity contribution in [1.29, 1.82) is 0 Å². The first-order valence-electron chi connectivity index (χ1n) is 8.56. The first kappa shape index (κ1) is 17.1. The van der Waals surface area contributed by atoms with Crippen molar-refractivity contribution in [2.45, 2.75) is 12.8 Å². The fourth-order valence-electron chi connectivity index (χ4n) is 3.35. The quantitative estimate of drug-likeness (QED) is 0.754. The minimum Gasteiger partial charge on any atom is -0.496 e. The SMILES string of the molecule is CCN1CCN(c2cc(CCl)c(OC)c(-c3ccccc3)c2)CC1. The van der Waals surface area contributed by atoms with Gasteiger partial charge < -0.3 is 14.5 Å². The van der Waals surface area contributed by atoms with Gasteiger partial charge in [-0.25, -0.2) is 0 Å². The zero-order chi connectivity index (χ0) is 16.9. The second kappa shape index (κ2) is 7.91. The number of halogens is 1. The maximum absolute atomic E-state index is 6.22. The van der Waals surface area contributed by atoms with E-state index < -0.39 is 0 Å². The molecular formula is C20H25ClN2O. The molecule has 0 atom stereocenters. The average Bonchev–Trinajstić information content (AvgIpc) is 2.67. The number of piperazine rings is 1. The van der Waals surface area contributed by atoms with Crippen molar-refractivity contribution in [3.63, 3.8) is 0 Å². The first-order valence-corrected chi connectivity index (χ1v) is 9.09. The molecule has 0 N–H and O–H groups in total. The van der Waals surface area contributed by atoms with E-state index >= 15 is 0 Å². The lowest BCUT2D eigenvalue weighted by atomic mass is 10.00. The molecule has 0 aromatic heterocycles. The molecule has 0 bridgehead atoms. The van der Waals surface area contributed by atoms with Crippen LogP contribution in [0.2, 0.25) is 0 Å². The molecule has 3 rings (SSSR count). The van der Waals surface area contributed by atoms with Gasteiger partial charge in [0.15, 0.2) is 0 Å². The van der Waals surface area contributed by atoms with Crippen LogP contribution in [0.3, 0.4) is 0 Å². The Morgan fingerprint density at radius 1 is 1.04 bits per heavy atom. The molecule has 24 heavy (non-hydrogen) atoms. The van der Waals surface area contributed by atoms with E-state index in [-0.39, 0.29) is 0 Å². The number of rotatable bonds is 5. The maximum Gasteiger partial charge on any atom is 0.131 e. The fourth-order valence-corrected chi connectivity index (χ4v) is 3.55. The van der Waals surface area contributed by atoms with Crippen LogP contribution < -0.4 is 9.64 Å². The molecule has 128 valence electrons. The lowest BCUT2D eigenvalue weighted by Crippen LogP contribution is -2.46. The molecule has 0 spiro atoms. The number of hydrogen-bond donors (Lipinski definition) is 0. The summed E-state index contributed by atoms with van der Waals surface area (Å²) in [5.41, 5.74) is 4.56. The monoisotopic (exact) mass is 344 g/mol. The van der Waals surface area contributed by atoms with Crippen molar-refractivity contribution in [3.05, 3.63) is 48.0 Å². The molecule has 4 heteroatoms. The molecule has 1 fully saturated rings. The van der Waals surface area contributed by atoms with Gasteiger partial charge in [-0.05, 0) is 24.2 Å². The van der Waals surface area contributed by atoms with Gasteiger partial charge in [0.05, 0.1) is 13.0 Å². The molecule has 0 radical (unpaired) electrons. The summed E-state index contributed by atoms with van der Waals surface area (Å²) in [4.78, 5) is 4.94. The van der Waals surface area contributed by atoms with Crippen LogP contribution in [0.15, 0.2) is 42.5 Å². The van der Waals surface area contributed by atoms with E-state index in [9.17, 15) is 0 Å². The molecule has 1 heterocycles. The van der Waals surface area contributed by atoms with E-state index in [1.807, 2.05) is 6.07 Å². The number of benzene rings is 2. The molecule has 0 aliphatic carbocycles. The van der Waals surface area contributed by atoms with Crippen LogP contribution in [0.1, 0.15) is 12.5 Å². The largest absolute Gasteiger partial charge is 0.496 e. The second-order valence-corrected chi connectivity index (χ2v) is 6.37. The zero-order valence-electron chi connectivity index (χ0n) is 14.5. The number of alkyl halides is 1. The highest BCUT2D eigenvalue weighted by atomic mass is 35.5. The molecule has 0 unspecified atom stereocenters. The summed E-state index contributed by atoms with van der Waals surface area (Å²) in [6.45, 7) is 7.67. The molecule has 1 aliphatic rings. The van der Waals surface area contributed by atoms with E-state index in [1.54, 1.807) is 7.11 Å². The summed E-state index contributed by atoms with van der Waals surface area (Å²) < 4.78 is 5.69. The predicted molar refractivity (Wildman–Crippen MR) is 102 cm³/mol. The Balaban J connectivity index is 1.99. The van der Waals surface area contributed by atoms with Crippen LogP contribution in [0.5, 0.6) is 5.75 Å². The van der Waals surface area contributed by atoms with Gasteiger partial charge in [0, 0.05) is 43.0 Å². The Morgan fingerprint density at radius 2 is 1.75 bits per heavy atom. The third kappa shape index (κ3) is 3.52. The maximum atomic E-state index is 6.22. The van der Waals surface area contributed by atoms with Crippen LogP contribution >= 0.6 is 11.6 Å². The Morgan fingerprint density at radius 3 is 2.33 bits per heavy atom. The summed E-state index contributed by atoms with van der Waals surface area (Å²) in [7, 11) is 1.72. The summed E-state index contributed by atoms with van der Waals surface area (Å²) >= 11 is 6.22. The fraction of sp³-hybridized carbons (Fsp3) is 0.400. The Hall–Kier alpha value is -1.71. The lowest BCUT2D eigenvalue weighted by molar-refractivity contribution is 0.271. The number of methoxy groups -OCH3 is 1. The van der Waals surface area contributed by atoms with Crippen molar-refractivity contribution < 1.29 is 4.74 Å². The van der Waals surface area contributed by atoms with E-state index in [0.29, 0.717) is 5.88 Å². The smallest absolute Gasteiger partial charge is 0.131 e. The Kier molecular flexibility index (Phi) is 5.64. The van der Waals surface area contributed by atoms with Crippen LogP contribution in [0.25, 0.3) is 11.1 Å². The van der Waals surface area contributed by atoms with Gasteiger partial charge in [0.2, 0.25) is 0 Å². The Labute approximate surface area is 149 Å². The number of likely N-dealkylation sites (N-methyl/N-ethyl adjacent to an activating group) is 1. The topological polar surface area (TPSA) is 15.7 Å².